The molecule has 25 heavy (non-hydrogen) atoms. The van der Waals surface area contributed by atoms with Crippen LogP contribution in [0, 0.1) is 10.1 Å². The number of carbonyl (C=O) groups is 1. The van der Waals surface area contributed by atoms with Crippen molar-refractivity contribution in [3.05, 3.63) is 58.6 Å². The van der Waals surface area contributed by atoms with Crippen molar-refractivity contribution in [3.8, 4) is 11.5 Å². The third-order valence-corrected chi connectivity index (χ3v) is 3.32. The highest BCUT2D eigenvalue weighted by Gasteiger charge is 2.07. The largest absolute Gasteiger partial charge is 0.490 e. The first kappa shape index (κ1) is 18.3. The average Bonchev–Trinajstić information content (AvgIpc) is 2.61. The lowest BCUT2D eigenvalue weighted by Crippen LogP contribution is -2.13. The Morgan fingerprint density at radius 1 is 1.08 bits per heavy atom. The van der Waals surface area contributed by atoms with Gasteiger partial charge in [0.15, 0.2) is 11.5 Å². The molecular formula is C18H20N2O5. The number of ether oxygens (including phenoxy) is 2. The summed E-state index contributed by atoms with van der Waals surface area (Å²) >= 11 is 0. The number of benzene rings is 2. The number of nitro groups is 1. The monoisotopic (exact) mass is 344 g/mol. The summed E-state index contributed by atoms with van der Waals surface area (Å²) in [5, 5.41) is 13.3. The van der Waals surface area contributed by atoms with Crippen molar-refractivity contribution >= 4 is 17.3 Å². The Morgan fingerprint density at radius 3 is 2.32 bits per heavy atom. The van der Waals surface area contributed by atoms with Gasteiger partial charge in [0.25, 0.3) is 5.69 Å². The van der Waals surface area contributed by atoms with E-state index in [0.717, 1.165) is 0 Å². The molecule has 0 fully saturated rings. The van der Waals surface area contributed by atoms with E-state index in [0.29, 0.717) is 36.8 Å². The fourth-order valence-electron chi connectivity index (χ4n) is 2.15. The van der Waals surface area contributed by atoms with Crippen molar-refractivity contribution in [1.29, 1.82) is 0 Å². The predicted octanol–water partition coefficient (Wildman–Crippen LogP) is 3.79. The maximum absolute atomic E-state index is 11.9. The van der Waals surface area contributed by atoms with Gasteiger partial charge in [-0.05, 0) is 37.6 Å². The SMILES string of the molecule is CCOc1ccccc1OCCCC(=O)Nc1ccc([N+](=O)[O-])cc1. The zero-order valence-electron chi connectivity index (χ0n) is 13.9. The van der Waals surface area contributed by atoms with Gasteiger partial charge in [-0.3, -0.25) is 14.9 Å². The van der Waals surface area contributed by atoms with Gasteiger partial charge in [0.1, 0.15) is 0 Å². The number of nitrogens with one attached hydrogen (secondary N) is 1. The number of hydrogen-bond donors (Lipinski definition) is 1. The smallest absolute Gasteiger partial charge is 0.269 e. The molecule has 0 heterocycles. The van der Waals surface area contributed by atoms with Crippen molar-refractivity contribution in [3.63, 3.8) is 0 Å². The second-order valence-electron chi connectivity index (χ2n) is 5.18. The van der Waals surface area contributed by atoms with Gasteiger partial charge in [-0.15, -0.1) is 0 Å². The quantitative estimate of drug-likeness (QED) is 0.424. The normalized spacial score (nSPS) is 10.1. The van der Waals surface area contributed by atoms with Crippen LogP contribution in [0.4, 0.5) is 11.4 Å². The second-order valence-corrected chi connectivity index (χ2v) is 5.18. The number of carbonyl (C=O) groups excluding carboxylic acids is 1. The highest BCUT2D eigenvalue weighted by molar-refractivity contribution is 5.90. The second kappa shape index (κ2) is 9.27. The Bertz CT molecular complexity index is 716. The molecule has 1 amide bonds. The molecule has 0 unspecified atom stereocenters. The van der Waals surface area contributed by atoms with Crippen molar-refractivity contribution in [2.75, 3.05) is 18.5 Å². The van der Waals surface area contributed by atoms with Gasteiger partial charge in [-0.1, -0.05) is 12.1 Å². The van der Waals surface area contributed by atoms with Crippen molar-refractivity contribution in [1.82, 2.24) is 0 Å². The number of anilines is 1. The van der Waals surface area contributed by atoms with Gasteiger partial charge in [-0.2, -0.15) is 0 Å². The first-order valence-corrected chi connectivity index (χ1v) is 7.99. The third kappa shape index (κ3) is 5.80. The molecule has 0 saturated carbocycles. The molecule has 2 aromatic rings. The standard InChI is InChI=1S/C18H20N2O5/c1-2-24-16-6-3-4-7-17(16)25-13-5-8-18(21)19-14-9-11-15(12-10-14)20(22)23/h3-4,6-7,9-12H,2,5,8,13H2,1H3,(H,19,21). The Labute approximate surface area is 145 Å². The first-order valence-electron chi connectivity index (χ1n) is 7.99. The number of rotatable bonds is 9. The third-order valence-electron chi connectivity index (χ3n) is 3.32. The van der Waals surface area contributed by atoms with Crippen LogP contribution in [0.1, 0.15) is 19.8 Å². The van der Waals surface area contributed by atoms with Gasteiger partial charge in [-0.25, -0.2) is 0 Å². The summed E-state index contributed by atoms with van der Waals surface area (Å²) in [6.45, 7) is 2.84. The van der Waals surface area contributed by atoms with Gasteiger partial charge >= 0.3 is 0 Å². The summed E-state index contributed by atoms with van der Waals surface area (Å²) < 4.78 is 11.1. The molecule has 1 N–H and O–H groups in total. The lowest BCUT2D eigenvalue weighted by atomic mass is 10.2. The maximum atomic E-state index is 11.9. The van der Waals surface area contributed by atoms with Crippen LogP contribution in [0.2, 0.25) is 0 Å². The van der Waals surface area contributed by atoms with Crippen LogP contribution in [-0.2, 0) is 4.79 Å². The lowest BCUT2D eigenvalue weighted by Gasteiger charge is -2.11. The summed E-state index contributed by atoms with van der Waals surface area (Å²) in [6.07, 6.45) is 0.826. The molecule has 2 rings (SSSR count). The Kier molecular flexibility index (Phi) is 6.76. The molecule has 0 aromatic heterocycles. The maximum Gasteiger partial charge on any atom is 0.269 e. The van der Waals surface area contributed by atoms with Gasteiger partial charge in [0, 0.05) is 24.2 Å². The minimum Gasteiger partial charge on any atom is -0.490 e. The first-order chi connectivity index (χ1) is 12.1. The van der Waals surface area contributed by atoms with Crippen LogP contribution in [0.15, 0.2) is 48.5 Å². The van der Waals surface area contributed by atoms with E-state index in [1.165, 1.54) is 24.3 Å². The van der Waals surface area contributed by atoms with Crippen molar-refractivity contribution in [2.45, 2.75) is 19.8 Å². The van der Waals surface area contributed by atoms with Crippen LogP contribution < -0.4 is 14.8 Å². The average molecular weight is 344 g/mol. The molecule has 7 heteroatoms. The minimum atomic E-state index is -0.483. The van der Waals surface area contributed by atoms with E-state index in [1.54, 1.807) is 0 Å². The van der Waals surface area contributed by atoms with Crippen molar-refractivity contribution < 1.29 is 19.2 Å². The molecule has 132 valence electrons. The summed E-state index contributed by atoms with van der Waals surface area (Å²) in [7, 11) is 0. The molecule has 2 aromatic carbocycles. The molecular weight excluding hydrogens is 324 g/mol. The highest BCUT2D eigenvalue weighted by Crippen LogP contribution is 2.26. The molecule has 7 nitrogen and oxygen atoms in total. The van der Waals surface area contributed by atoms with Crippen LogP contribution in [0.3, 0.4) is 0 Å². The summed E-state index contributed by atoms with van der Waals surface area (Å²) in [4.78, 5) is 22.0. The Morgan fingerprint density at radius 2 is 1.72 bits per heavy atom. The van der Waals surface area contributed by atoms with Crippen LogP contribution in [0.25, 0.3) is 0 Å². The van der Waals surface area contributed by atoms with E-state index >= 15 is 0 Å². The minimum absolute atomic E-state index is 0.0145. The molecule has 0 aliphatic rings. The Balaban J connectivity index is 1.74. The summed E-state index contributed by atoms with van der Waals surface area (Å²) in [6, 6.07) is 13.1. The van der Waals surface area contributed by atoms with E-state index in [9.17, 15) is 14.9 Å². The predicted molar refractivity (Wildman–Crippen MR) is 94.1 cm³/mol. The van der Waals surface area contributed by atoms with Gasteiger partial charge in [0.05, 0.1) is 18.1 Å². The molecule has 0 spiro atoms. The van der Waals surface area contributed by atoms with Crippen LogP contribution in [0.5, 0.6) is 11.5 Å². The van der Waals surface area contributed by atoms with E-state index in [4.69, 9.17) is 9.47 Å². The highest BCUT2D eigenvalue weighted by atomic mass is 16.6. The van der Waals surface area contributed by atoms with E-state index in [2.05, 4.69) is 5.32 Å². The topological polar surface area (TPSA) is 90.7 Å². The fraction of sp³-hybridized carbons (Fsp3) is 0.278. The number of amides is 1. The van der Waals surface area contributed by atoms with Crippen LogP contribution >= 0.6 is 0 Å². The fourth-order valence-corrected chi connectivity index (χ4v) is 2.15. The number of nitrogens with zero attached hydrogens (tertiary/aromatic N) is 1. The molecule has 0 radical (unpaired) electrons. The molecule has 0 atom stereocenters. The number of non-ortho nitro benzene ring substituents is 1. The van der Waals surface area contributed by atoms with Crippen LogP contribution in [-0.4, -0.2) is 24.0 Å². The van der Waals surface area contributed by atoms with E-state index < -0.39 is 4.92 Å². The zero-order valence-corrected chi connectivity index (χ0v) is 13.9. The molecule has 0 aliphatic heterocycles. The van der Waals surface area contributed by atoms with E-state index in [-0.39, 0.29) is 18.0 Å². The van der Waals surface area contributed by atoms with Gasteiger partial charge in [0.2, 0.25) is 5.91 Å². The number of hydrogen-bond acceptors (Lipinski definition) is 5. The van der Waals surface area contributed by atoms with Gasteiger partial charge < -0.3 is 14.8 Å². The summed E-state index contributed by atoms with van der Waals surface area (Å²) in [5.41, 5.74) is 0.512. The Hall–Kier alpha value is -3.09. The molecule has 0 saturated heterocycles. The van der Waals surface area contributed by atoms with Crippen molar-refractivity contribution in [2.24, 2.45) is 0 Å². The molecule has 0 aliphatic carbocycles. The number of nitro benzene ring substituents is 1. The molecule has 0 bridgehead atoms. The number of para-hydroxylation sites is 2. The lowest BCUT2D eigenvalue weighted by molar-refractivity contribution is -0.384. The zero-order chi connectivity index (χ0) is 18.1. The van der Waals surface area contributed by atoms with E-state index in [1.807, 2.05) is 31.2 Å². The summed E-state index contributed by atoms with van der Waals surface area (Å²) in [5.74, 6) is 1.16.